The second-order valence-electron chi connectivity index (χ2n) is 6.60. The number of fused-ring (bicyclic) bond motifs is 1. The SMILES string of the molecule is CCCS(=O)(=O)N1CCCc2cc(NC(=O)c3ccccc3C)ccc21. The molecule has 1 heterocycles. The van der Waals surface area contributed by atoms with Crippen molar-refractivity contribution in [1.82, 2.24) is 0 Å². The normalized spacial score (nSPS) is 14.0. The number of carbonyl (C=O) groups excluding carboxylic acids is 1. The van der Waals surface area contributed by atoms with Crippen LogP contribution in [-0.2, 0) is 16.4 Å². The summed E-state index contributed by atoms with van der Waals surface area (Å²) in [6, 6.07) is 12.9. The smallest absolute Gasteiger partial charge is 0.255 e. The van der Waals surface area contributed by atoms with E-state index in [9.17, 15) is 13.2 Å². The van der Waals surface area contributed by atoms with Crippen LogP contribution in [0.4, 0.5) is 11.4 Å². The molecule has 1 aliphatic heterocycles. The van der Waals surface area contributed by atoms with Crippen LogP contribution >= 0.6 is 0 Å². The number of anilines is 2. The summed E-state index contributed by atoms with van der Waals surface area (Å²) < 4.78 is 26.5. The lowest BCUT2D eigenvalue weighted by Crippen LogP contribution is -2.37. The summed E-state index contributed by atoms with van der Waals surface area (Å²) in [5.74, 6) is -0.00703. The number of rotatable bonds is 5. The lowest BCUT2D eigenvalue weighted by atomic mass is 10.0. The van der Waals surface area contributed by atoms with E-state index in [0.717, 1.165) is 29.7 Å². The Hall–Kier alpha value is -2.34. The number of hydrogen-bond donors (Lipinski definition) is 1. The molecule has 3 rings (SSSR count). The highest BCUT2D eigenvalue weighted by atomic mass is 32.2. The van der Waals surface area contributed by atoms with Crippen LogP contribution in [0.1, 0.15) is 41.3 Å². The van der Waals surface area contributed by atoms with Crippen molar-refractivity contribution in [2.75, 3.05) is 21.9 Å². The molecule has 1 N–H and O–H groups in total. The summed E-state index contributed by atoms with van der Waals surface area (Å²) in [6.45, 7) is 4.29. The van der Waals surface area contributed by atoms with Gasteiger partial charge in [0.25, 0.3) is 5.91 Å². The van der Waals surface area contributed by atoms with Crippen LogP contribution < -0.4 is 9.62 Å². The lowest BCUT2D eigenvalue weighted by molar-refractivity contribution is 0.102. The van der Waals surface area contributed by atoms with Gasteiger partial charge in [-0.1, -0.05) is 25.1 Å². The van der Waals surface area contributed by atoms with Gasteiger partial charge in [0.1, 0.15) is 0 Å². The van der Waals surface area contributed by atoms with Crippen molar-refractivity contribution in [3.8, 4) is 0 Å². The van der Waals surface area contributed by atoms with Gasteiger partial charge in [0, 0.05) is 17.8 Å². The Labute approximate surface area is 155 Å². The van der Waals surface area contributed by atoms with E-state index in [1.165, 1.54) is 4.31 Å². The van der Waals surface area contributed by atoms with E-state index in [1.807, 2.05) is 38.1 Å². The monoisotopic (exact) mass is 372 g/mol. The number of hydrogen-bond acceptors (Lipinski definition) is 3. The molecule has 0 unspecified atom stereocenters. The summed E-state index contributed by atoms with van der Waals surface area (Å²) in [4.78, 5) is 12.5. The minimum absolute atomic E-state index is 0.151. The molecule has 0 fully saturated rings. The van der Waals surface area contributed by atoms with Gasteiger partial charge in [-0.15, -0.1) is 0 Å². The van der Waals surface area contributed by atoms with Gasteiger partial charge in [-0.3, -0.25) is 9.10 Å². The quantitative estimate of drug-likeness (QED) is 0.869. The van der Waals surface area contributed by atoms with Gasteiger partial charge < -0.3 is 5.32 Å². The standard InChI is InChI=1S/C20H24N2O3S/c1-3-13-26(24,25)22-12-6-8-16-14-17(10-11-19(16)22)21-20(23)18-9-5-4-7-15(18)2/h4-5,7,9-11,14H,3,6,8,12-13H2,1-2H3,(H,21,23). The summed E-state index contributed by atoms with van der Waals surface area (Å²) in [5.41, 5.74) is 3.93. The fourth-order valence-electron chi connectivity index (χ4n) is 3.32. The number of benzene rings is 2. The molecule has 0 aliphatic carbocycles. The molecule has 2 aromatic rings. The van der Waals surface area contributed by atoms with Gasteiger partial charge >= 0.3 is 0 Å². The Bertz CT molecular complexity index is 922. The van der Waals surface area contributed by atoms with E-state index in [0.29, 0.717) is 24.2 Å². The van der Waals surface area contributed by atoms with E-state index in [2.05, 4.69) is 5.32 Å². The van der Waals surface area contributed by atoms with Crippen molar-refractivity contribution in [3.05, 3.63) is 59.2 Å². The maximum absolute atomic E-state index is 12.5. The predicted molar refractivity (Wildman–Crippen MR) is 105 cm³/mol. The van der Waals surface area contributed by atoms with Crippen molar-refractivity contribution in [1.29, 1.82) is 0 Å². The molecule has 0 aromatic heterocycles. The number of nitrogens with one attached hydrogen (secondary N) is 1. The van der Waals surface area contributed by atoms with Gasteiger partial charge in [0.05, 0.1) is 11.4 Å². The Morgan fingerprint density at radius 2 is 1.96 bits per heavy atom. The topological polar surface area (TPSA) is 66.5 Å². The number of carbonyl (C=O) groups is 1. The molecule has 1 amide bonds. The van der Waals surface area contributed by atoms with Crippen LogP contribution in [0.3, 0.4) is 0 Å². The van der Waals surface area contributed by atoms with Crippen molar-refractivity contribution in [2.45, 2.75) is 33.1 Å². The maximum atomic E-state index is 12.5. The molecular weight excluding hydrogens is 348 g/mol. The molecule has 0 radical (unpaired) electrons. The molecule has 0 saturated heterocycles. The lowest BCUT2D eigenvalue weighted by Gasteiger charge is -2.30. The van der Waals surface area contributed by atoms with Crippen LogP contribution in [0.15, 0.2) is 42.5 Å². The number of amides is 1. The highest BCUT2D eigenvalue weighted by Gasteiger charge is 2.27. The Balaban J connectivity index is 1.85. The fourth-order valence-corrected chi connectivity index (χ4v) is 4.94. The second-order valence-corrected chi connectivity index (χ2v) is 8.62. The van der Waals surface area contributed by atoms with E-state index < -0.39 is 10.0 Å². The average Bonchev–Trinajstić information content (AvgIpc) is 2.61. The first-order chi connectivity index (χ1) is 12.4. The minimum atomic E-state index is -3.29. The van der Waals surface area contributed by atoms with Crippen LogP contribution in [0, 0.1) is 6.92 Å². The van der Waals surface area contributed by atoms with Gasteiger partial charge in [-0.2, -0.15) is 0 Å². The molecule has 1 aliphatic rings. The molecular formula is C20H24N2O3S. The van der Waals surface area contributed by atoms with E-state index in [1.54, 1.807) is 18.2 Å². The molecule has 6 heteroatoms. The van der Waals surface area contributed by atoms with E-state index in [-0.39, 0.29) is 11.7 Å². The second kappa shape index (κ2) is 7.50. The van der Waals surface area contributed by atoms with Gasteiger partial charge in [0.2, 0.25) is 10.0 Å². The largest absolute Gasteiger partial charge is 0.322 e. The first kappa shape index (κ1) is 18.5. The molecule has 0 spiro atoms. The van der Waals surface area contributed by atoms with Gasteiger partial charge in [-0.25, -0.2) is 8.42 Å². The highest BCUT2D eigenvalue weighted by molar-refractivity contribution is 7.92. The number of aryl methyl sites for hydroxylation is 2. The molecule has 138 valence electrons. The van der Waals surface area contributed by atoms with Gasteiger partial charge in [-0.05, 0) is 61.6 Å². The van der Waals surface area contributed by atoms with E-state index >= 15 is 0 Å². The van der Waals surface area contributed by atoms with Crippen LogP contribution in [0.5, 0.6) is 0 Å². The predicted octanol–water partition coefficient (Wildman–Crippen LogP) is 3.74. The van der Waals surface area contributed by atoms with Gasteiger partial charge in [0.15, 0.2) is 0 Å². The Kier molecular flexibility index (Phi) is 5.32. The summed E-state index contributed by atoms with van der Waals surface area (Å²) in [6.07, 6.45) is 2.19. The molecule has 5 nitrogen and oxygen atoms in total. The van der Waals surface area contributed by atoms with E-state index in [4.69, 9.17) is 0 Å². The summed E-state index contributed by atoms with van der Waals surface area (Å²) in [7, 11) is -3.29. The fraction of sp³-hybridized carbons (Fsp3) is 0.350. The average molecular weight is 372 g/mol. The van der Waals surface area contributed by atoms with Crippen molar-refractivity contribution in [2.24, 2.45) is 0 Å². The minimum Gasteiger partial charge on any atom is -0.322 e. The molecule has 2 aromatic carbocycles. The number of nitrogens with zero attached hydrogens (tertiary/aromatic N) is 1. The van der Waals surface area contributed by atoms with Crippen molar-refractivity contribution < 1.29 is 13.2 Å². The molecule has 0 atom stereocenters. The highest BCUT2D eigenvalue weighted by Crippen LogP contribution is 2.32. The first-order valence-electron chi connectivity index (χ1n) is 8.92. The third-order valence-electron chi connectivity index (χ3n) is 4.60. The molecule has 26 heavy (non-hydrogen) atoms. The Morgan fingerprint density at radius 3 is 2.69 bits per heavy atom. The van der Waals surface area contributed by atoms with Crippen LogP contribution in [0.25, 0.3) is 0 Å². The molecule has 0 bridgehead atoms. The van der Waals surface area contributed by atoms with Crippen LogP contribution in [-0.4, -0.2) is 26.6 Å². The zero-order valence-corrected chi connectivity index (χ0v) is 16.0. The Morgan fingerprint density at radius 1 is 1.19 bits per heavy atom. The van der Waals surface area contributed by atoms with Crippen LogP contribution in [0.2, 0.25) is 0 Å². The van der Waals surface area contributed by atoms with Crippen molar-refractivity contribution in [3.63, 3.8) is 0 Å². The summed E-state index contributed by atoms with van der Waals surface area (Å²) in [5, 5.41) is 2.92. The van der Waals surface area contributed by atoms with Crippen molar-refractivity contribution >= 4 is 27.3 Å². The third-order valence-corrected chi connectivity index (χ3v) is 6.58. The summed E-state index contributed by atoms with van der Waals surface area (Å²) >= 11 is 0. The first-order valence-corrected chi connectivity index (χ1v) is 10.5. The maximum Gasteiger partial charge on any atom is 0.255 e. The molecule has 0 saturated carbocycles. The zero-order valence-electron chi connectivity index (χ0n) is 15.2. The number of sulfonamides is 1. The third kappa shape index (κ3) is 3.75. The zero-order chi connectivity index (χ0) is 18.7.